The zero-order valence-corrected chi connectivity index (χ0v) is 15.9. The number of hydrogen-bond donors (Lipinski definition) is 1. The van der Waals surface area contributed by atoms with Crippen molar-refractivity contribution in [1.29, 1.82) is 0 Å². The third-order valence-corrected chi connectivity index (χ3v) is 5.31. The minimum Gasteiger partial charge on any atom is -0.352 e. The molecule has 0 heterocycles. The number of rotatable bonds is 6. The van der Waals surface area contributed by atoms with Crippen LogP contribution in [0.15, 0.2) is 54.6 Å². The lowest BCUT2D eigenvalue weighted by Gasteiger charge is -2.31. The van der Waals surface area contributed by atoms with E-state index in [1.807, 2.05) is 25.2 Å². The summed E-state index contributed by atoms with van der Waals surface area (Å²) < 4.78 is 0. The predicted octanol–water partition coefficient (Wildman–Crippen LogP) is 4.62. The lowest BCUT2D eigenvalue weighted by Crippen LogP contribution is -2.43. The Morgan fingerprint density at radius 3 is 2.35 bits per heavy atom. The standard InChI is InChI=1S/C23H30N2O/c1-18-13-15-20(16-14-18)22(23(26)24-21-11-7-4-8-12-21)25(2)17-19-9-5-3-6-10-19/h3,5-6,9-10,13-16,21-22H,4,7-8,11-12,17H2,1-2H3,(H,24,26)/t22-/m1/s1. The van der Waals surface area contributed by atoms with Gasteiger partial charge in [-0.2, -0.15) is 0 Å². The highest BCUT2D eigenvalue weighted by Gasteiger charge is 2.27. The number of hydrogen-bond acceptors (Lipinski definition) is 2. The Balaban J connectivity index is 1.78. The van der Waals surface area contributed by atoms with Crippen molar-refractivity contribution in [3.63, 3.8) is 0 Å². The molecule has 2 aromatic rings. The summed E-state index contributed by atoms with van der Waals surface area (Å²) in [6, 6.07) is 18.8. The molecule has 138 valence electrons. The van der Waals surface area contributed by atoms with Crippen LogP contribution in [0.5, 0.6) is 0 Å². The summed E-state index contributed by atoms with van der Waals surface area (Å²) in [4.78, 5) is 15.3. The summed E-state index contributed by atoms with van der Waals surface area (Å²) in [7, 11) is 2.04. The number of nitrogens with zero attached hydrogens (tertiary/aromatic N) is 1. The van der Waals surface area contributed by atoms with Gasteiger partial charge in [-0.1, -0.05) is 79.4 Å². The summed E-state index contributed by atoms with van der Waals surface area (Å²) in [5.74, 6) is 0.124. The molecule has 1 aliphatic carbocycles. The number of benzene rings is 2. The topological polar surface area (TPSA) is 32.3 Å². The summed E-state index contributed by atoms with van der Waals surface area (Å²) in [5, 5.41) is 3.32. The molecule has 1 aliphatic rings. The second kappa shape index (κ2) is 9.00. The molecule has 0 aliphatic heterocycles. The zero-order chi connectivity index (χ0) is 18.4. The molecule has 0 unspecified atom stereocenters. The van der Waals surface area contributed by atoms with E-state index in [9.17, 15) is 4.79 Å². The van der Waals surface area contributed by atoms with Crippen molar-refractivity contribution in [3.8, 4) is 0 Å². The van der Waals surface area contributed by atoms with E-state index in [-0.39, 0.29) is 11.9 Å². The average Bonchev–Trinajstić information content (AvgIpc) is 2.65. The van der Waals surface area contributed by atoms with Crippen molar-refractivity contribution in [2.75, 3.05) is 7.05 Å². The Labute approximate surface area is 157 Å². The van der Waals surface area contributed by atoms with E-state index in [1.165, 1.54) is 30.4 Å². The van der Waals surface area contributed by atoms with Crippen LogP contribution in [0.2, 0.25) is 0 Å². The lowest BCUT2D eigenvalue weighted by molar-refractivity contribution is -0.127. The first-order valence-electron chi connectivity index (χ1n) is 9.74. The van der Waals surface area contributed by atoms with E-state index in [2.05, 4.69) is 53.5 Å². The van der Waals surface area contributed by atoms with Crippen molar-refractivity contribution in [3.05, 3.63) is 71.3 Å². The van der Waals surface area contributed by atoms with Crippen LogP contribution in [0.3, 0.4) is 0 Å². The quantitative estimate of drug-likeness (QED) is 0.825. The van der Waals surface area contributed by atoms with E-state index >= 15 is 0 Å². The molecule has 3 rings (SSSR count). The molecule has 0 saturated heterocycles. The number of nitrogens with one attached hydrogen (secondary N) is 1. The summed E-state index contributed by atoms with van der Waals surface area (Å²) in [6.07, 6.45) is 5.95. The van der Waals surface area contributed by atoms with Gasteiger partial charge in [-0.05, 0) is 37.9 Å². The molecule has 0 bridgehead atoms. The third-order valence-electron chi connectivity index (χ3n) is 5.31. The molecule has 1 N–H and O–H groups in total. The van der Waals surface area contributed by atoms with E-state index in [0.717, 1.165) is 24.9 Å². The second-order valence-corrected chi connectivity index (χ2v) is 7.56. The highest BCUT2D eigenvalue weighted by Crippen LogP contribution is 2.24. The lowest BCUT2D eigenvalue weighted by atomic mass is 9.94. The molecule has 2 aromatic carbocycles. The van der Waals surface area contributed by atoms with Crippen molar-refractivity contribution in [1.82, 2.24) is 10.2 Å². The van der Waals surface area contributed by atoms with E-state index < -0.39 is 0 Å². The number of carbonyl (C=O) groups is 1. The fourth-order valence-electron chi connectivity index (χ4n) is 3.84. The highest BCUT2D eigenvalue weighted by atomic mass is 16.2. The van der Waals surface area contributed by atoms with Gasteiger partial charge in [-0.15, -0.1) is 0 Å². The Bertz CT molecular complexity index is 690. The fourth-order valence-corrected chi connectivity index (χ4v) is 3.84. The average molecular weight is 351 g/mol. The van der Waals surface area contributed by atoms with Gasteiger partial charge in [0.1, 0.15) is 6.04 Å². The number of carbonyl (C=O) groups excluding carboxylic acids is 1. The van der Waals surface area contributed by atoms with E-state index in [0.29, 0.717) is 6.04 Å². The van der Waals surface area contributed by atoms with Crippen molar-refractivity contribution in [2.45, 2.75) is 57.7 Å². The Morgan fingerprint density at radius 2 is 1.69 bits per heavy atom. The molecule has 3 heteroatoms. The number of likely N-dealkylation sites (N-methyl/N-ethyl adjacent to an activating group) is 1. The first-order valence-corrected chi connectivity index (χ1v) is 9.74. The van der Waals surface area contributed by atoms with Gasteiger partial charge in [-0.3, -0.25) is 9.69 Å². The van der Waals surface area contributed by atoms with Gasteiger partial charge in [0.2, 0.25) is 5.91 Å². The third kappa shape index (κ3) is 4.95. The fraction of sp³-hybridized carbons (Fsp3) is 0.435. The Kier molecular flexibility index (Phi) is 6.45. The van der Waals surface area contributed by atoms with Crippen LogP contribution in [0.4, 0.5) is 0 Å². The number of amides is 1. The normalized spacial score (nSPS) is 16.4. The molecule has 0 radical (unpaired) electrons. The Morgan fingerprint density at radius 1 is 1.04 bits per heavy atom. The molecule has 1 amide bonds. The summed E-state index contributed by atoms with van der Waals surface area (Å²) in [5.41, 5.74) is 3.49. The second-order valence-electron chi connectivity index (χ2n) is 7.56. The molecule has 1 fully saturated rings. The van der Waals surface area contributed by atoms with E-state index in [1.54, 1.807) is 0 Å². The van der Waals surface area contributed by atoms with Crippen molar-refractivity contribution in [2.24, 2.45) is 0 Å². The van der Waals surface area contributed by atoms with Crippen LogP contribution in [-0.2, 0) is 11.3 Å². The summed E-state index contributed by atoms with van der Waals surface area (Å²) in [6.45, 7) is 2.83. The molecular weight excluding hydrogens is 320 g/mol. The molecule has 0 aromatic heterocycles. The van der Waals surface area contributed by atoms with Gasteiger partial charge in [0.15, 0.2) is 0 Å². The van der Waals surface area contributed by atoms with Gasteiger partial charge < -0.3 is 5.32 Å². The maximum atomic E-state index is 13.2. The van der Waals surface area contributed by atoms with Crippen molar-refractivity contribution >= 4 is 5.91 Å². The van der Waals surface area contributed by atoms with Gasteiger partial charge in [0.25, 0.3) is 0 Å². The van der Waals surface area contributed by atoms with Gasteiger partial charge >= 0.3 is 0 Å². The monoisotopic (exact) mass is 350 g/mol. The van der Waals surface area contributed by atoms with Crippen LogP contribution in [0, 0.1) is 6.92 Å². The van der Waals surface area contributed by atoms with Crippen LogP contribution >= 0.6 is 0 Å². The Hall–Kier alpha value is -2.13. The molecule has 0 spiro atoms. The van der Waals surface area contributed by atoms with E-state index in [4.69, 9.17) is 0 Å². The molecule has 1 saturated carbocycles. The van der Waals surface area contributed by atoms with Crippen LogP contribution in [0.1, 0.15) is 54.8 Å². The predicted molar refractivity (Wildman–Crippen MR) is 107 cm³/mol. The van der Waals surface area contributed by atoms with Crippen LogP contribution < -0.4 is 5.32 Å². The molecular formula is C23H30N2O. The minimum absolute atomic E-state index is 0.124. The smallest absolute Gasteiger partial charge is 0.242 e. The maximum absolute atomic E-state index is 13.2. The van der Waals surface area contributed by atoms with Gasteiger partial charge in [0.05, 0.1) is 0 Å². The van der Waals surface area contributed by atoms with Gasteiger partial charge in [0, 0.05) is 12.6 Å². The SMILES string of the molecule is Cc1ccc([C@H](C(=O)NC2CCCCC2)N(C)Cc2ccccc2)cc1. The maximum Gasteiger partial charge on any atom is 0.242 e. The zero-order valence-electron chi connectivity index (χ0n) is 15.9. The summed E-state index contributed by atoms with van der Waals surface area (Å²) >= 11 is 0. The van der Waals surface area contributed by atoms with Crippen molar-refractivity contribution < 1.29 is 4.79 Å². The largest absolute Gasteiger partial charge is 0.352 e. The highest BCUT2D eigenvalue weighted by molar-refractivity contribution is 5.83. The minimum atomic E-state index is -0.266. The first-order chi connectivity index (χ1) is 12.6. The van der Waals surface area contributed by atoms with Gasteiger partial charge in [-0.25, -0.2) is 0 Å². The molecule has 3 nitrogen and oxygen atoms in total. The van der Waals surface area contributed by atoms with Crippen LogP contribution in [-0.4, -0.2) is 23.9 Å². The molecule has 26 heavy (non-hydrogen) atoms. The first kappa shape index (κ1) is 18.7. The van der Waals surface area contributed by atoms with Crippen LogP contribution in [0.25, 0.3) is 0 Å². The number of aryl methyl sites for hydroxylation is 1. The molecule has 1 atom stereocenters.